The number of amides is 1. The summed E-state index contributed by atoms with van der Waals surface area (Å²) in [6.45, 7) is 6.42. The second-order valence-electron chi connectivity index (χ2n) is 6.12. The second-order valence-corrected chi connectivity index (χ2v) is 6.12. The average Bonchev–Trinajstić information content (AvgIpc) is 2.57. The van der Waals surface area contributed by atoms with Crippen LogP contribution in [-0.4, -0.2) is 11.9 Å². The zero-order chi connectivity index (χ0) is 13.3. The van der Waals surface area contributed by atoms with E-state index in [0.717, 1.165) is 18.4 Å². The summed E-state index contributed by atoms with van der Waals surface area (Å²) in [5.41, 5.74) is 8.35. The van der Waals surface area contributed by atoms with Crippen LogP contribution in [0.25, 0.3) is 0 Å². The van der Waals surface area contributed by atoms with E-state index in [2.05, 4.69) is 19.2 Å². The first kappa shape index (κ1) is 12.9. The molecule has 0 saturated heterocycles. The fraction of sp³-hybridized carbons (Fsp3) is 0.533. The van der Waals surface area contributed by atoms with Crippen molar-refractivity contribution in [1.82, 2.24) is 5.32 Å². The van der Waals surface area contributed by atoms with Crippen molar-refractivity contribution in [2.75, 3.05) is 5.73 Å². The summed E-state index contributed by atoms with van der Waals surface area (Å²) in [4.78, 5) is 12.3. The summed E-state index contributed by atoms with van der Waals surface area (Å²) in [6, 6.07) is 5.86. The predicted octanol–water partition coefficient (Wildman–Crippen LogP) is 2.89. The van der Waals surface area contributed by atoms with Crippen molar-refractivity contribution in [3.05, 3.63) is 29.3 Å². The molecule has 1 fully saturated rings. The van der Waals surface area contributed by atoms with Gasteiger partial charge in [-0.25, -0.2) is 0 Å². The Balaban J connectivity index is 2.09. The summed E-state index contributed by atoms with van der Waals surface area (Å²) < 4.78 is 0. The van der Waals surface area contributed by atoms with Gasteiger partial charge in [-0.05, 0) is 43.2 Å². The van der Waals surface area contributed by atoms with Crippen molar-refractivity contribution < 1.29 is 4.79 Å². The highest BCUT2D eigenvalue weighted by Gasteiger charge is 2.32. The molecule has 0 aliphatic heterocycles. The molecule has 2 rings (SSSR count). The van der Waals surface area contributed by atoms with Crippen LogP contribution in [0.15, 0.2) is 18.2 Å². The Bertz CT molecular complexity index is 445. The molecular formula is C15H22N2O. The number of carbonyl (C=O) groups excluding carboxylic acids is 1. The monoisotopic (exact) mass is 246 g/mol. The van der Waals surface area contributed by atoms with Crippen LogP contribution < -0.4 is 11.1 Å². The third kappa shape index (κ3) is 2.66. The Kier molecular flexibility index (Phi) is 3.33. The second kappa shape index (κ2) is 4.63. The van der Waals surface area contributed by atoms with Gasteiger partial charge in [0.25, 0.3) is 5.91 Å². The summed E-state index contributed by atoms with van der Waals surface area (Å²) in [7, 11) is 0. The van der Waals surface area contributed by atoms with Crippen LogP contribution in [0.5, 0.6) is 0 Å². The Hall–Kier alpha value is -1.51. The molecule has 1 atom stereocenters. The van der Waals surface area contributed by atoms with Crippen LogP contribution in [0.4, 0.5) is 5.69 Å². The van der Waals surface area contributed by atoms with E-state index in [0.29, 0.717) is 16.7 Å². The molecule has 98 valence electrons. The van der Waals surface area contributed by atoms with Gasteiger partial charge in [0.15, 0.2) is 0 Å². The Labute approximate surface area is 109 Å². The average molecular weight is 246 g/mol. The minimum Gasteiger partial charge on any atom is -0.398 e. The van der Waals surface area contributed by atoms with E-state index in [1.807, 2.05) is 19.1 Å². The summed E-state index contributed by atoms with van der Waals surface area (Å²) >= 11 is 0. The molecule has 1 unspecified atom stereocenters. The fourth-order valence-corrected chi connectivity index (χ4v) is 2.82. The van der Waals surface area contributed by atoms with E-state index in [1.54, 1.807) is 6.07 Å². The first-order chi connectivity index (χ1) is 8.39. The van der Waals surface area contributed by atoms with E-state index in [-0.39, 0.29) is 11.9 Å². The van der Waals surface area contributed by atoms with Gasteiger partial charge in [-0.15, -0.1) is 0 Å². The third-order valence-corrected chi connectivity index (χ3v) is 3.84. The number of nitrogen functional groups attached to an aromatic ring is 1. The lowest BCUT2D eigenvalue weighted by Crippen LogP contribution is -2.34. The Morgan fingerprint density at radius 3 is 2.72 bits per heavy atom. The molecular weight excluding hydrogens is 224 g/mol. The molecule has 1 aliphatic carbocycles. The van der Waals surface area contributed by atoms with Crippen molar-refractivity contribution in [2.24, 2.45) is 5.41 Å². The van der Waals surface area contributed by atoms with Crippen molar-refractivity contribution in [1.29, 1.82) is 0 Å². The highest BCUT2D eigenvalue weighted by atomic mass is 16.1. The fourth-order valence-electron chi connectivity index (χ4n) is 2.82. The zero-order valence-electron chi connectivity index (χ0n) is 11.4. The van der Waals surface area contributed by atoms with E-state index < -0.39 is 0 Å². The first-order valence-electron chi connectivity index (χ1n) is 6.55. The van der Waals surface area contributed by atoms with Crippen molar-refractivity contribution in [3.8, 4) is 0 Å². The number of hydrogen-bond donors (Lipinski definition) is 2. The Morgan fingerprint density at radius 2 is 2.17 bits per heavy atom. The molecule has 18 heavy (non-hydrogen) atoms. The van der Waals surface area contributed by atoms with Crippen LogP contribution in [0.1, 0.15) is 49.0 Å². The maximum atomic E-state index is 12.3. The lowest BCUT2D eigenvalue weighted by atomic mass is 9.92. The van der Waals surface area contributed by atoms with Gasteiger partial charge in [0.1, 0.15) is 0 Å². The largest absolute Gasteiger partial charge is 0.398 e. The lowest BCUT2D eigenvalue weighted by molar-refractivity contribution is 0.0936. The highest BCUT2D eigenvalue weighted by Crippen LogP contribution is 2.37. The van der Waals surface area contributed by atoms with E-state index in [4.69, 9.17) is 5.73 Å². The van der Waals surface area contributed by atoms with Gasteiger partial charge in [-0.2, -0.15) is 0 Å². The van der Waals surface area contributed by atoms with Crippen LogP contribution in [0.3, 0.4) is 0 Å². The summed E-state index contributed by atoms with van der Waals surface area (Å²) in [6.07, 6.45) is 3.27. The normalized spacial score (nSPS) is 21.8. The topological polar surface area (TPSA) is 55.1 Å². The third-order valence-electron chi connectivity index (χ3n) is 3.84. The van der Waals surface area contributed by atoms with Crippen molar-refractivity contribution in [2.45, 2.75) is 46.1 Å². The molecule has 0 aromatic heterocycles. The molecule has 1 saturated carbocycles. The minimum absolute atomic E-state index is 0.0340. The number of benzene rings is 1. The quantitative estimate of drug-likeness (QED) is 0.788. The maximum absolute atomic E-state index is 12.3. The number of anilines is 1. The molecule has 0 radical (unpaired) electrons. The molecule has 3 nitrogen and oxygen atoms in total. The summed E-state index contributed by atoms with van der Waals surface area (Å²) in [5.74, 6) is -0.0340. The number of nitrogens with one attached hydrogen (secondary N) is 1. The van der Waals surface area contributed by atoms with Gasteiger partial charge >= 0.3 is 0 Å². The molecule has 0 heterocycles. The molecule has 1 amide bonds. The van der Waals surface area contributed by atoms with Gasteiger partial charge in [-0.3, -0.25) is 4.79 Å². The highest BCUT2D eigenvalue weighted by molar-refractivity contribution is 6.00. The number of nitrogens with two attached hydrogens (primary N) is 1. The minimum atomic E-state index is -0.0340. The van der Waals surface area contributed by atoms with Crippen molar-refractivity contribution >= 4 is 11.6 Å². The number of hydrogen-bond acceptors (Lipinski definition) is 2. The van der Waals surface area contributed by atoms with E-state index in [1.165, 1.54) is 6.42 Å². The standard InChI is InChI=1S/C15H22N2O/c1-10-5-4-6-12(16)13(10)14(18)17-11-7-8-15(2,3)9-11/h4-6,11H,7-9,16H2,1-3H3,(H,17,18). The van der Waals surface area contributed by atoms with Gasteiger partial charge < -0.3 is 11.1 Å². The molecule has 3 heteroatoms. The molecule has 3 N–H and O–H groups in total. The predicted molar refractivity (Wildman–Crippen MR) is 74.5 cm³/mol. The molecule has 1 aromatic carbocycles. The van der Waals surface area contributed by atoms with Crippen LogP contribution >= 0.6 is 0 Å². The number of carbonyl (C=O) groups is 1. The molecule has 0 bridgehead atoms. The van der Waals surface area contributed by atoms with Crippen LogP contribution in [0, 0.1) is 12.3 Å². The smallest absolute Gasteiger partial charge is 0.253 e. The van der Waals surface area contributed by atoms with Crippen LogP contribution in [-0.2, 0) is 0 Å². The zero-order valence-corrected chi connectivity index (χ0v) is 11.4. The van der Waals surface area contributed by atoms with Gasteiger partial charge in [0, 0.05) is 11.7 Å². The van der Waals surface area contributed by atoms with Gasteiger partial charge in [-0.1, -0.05) is 26.0 Å². The molecule has 0 spiro atoms. The maximum Gasteiger partial charge on any atom is 0.253 e. The van der Waals surface area contributed by atoms with Gasteiger partial charge in [0.2, 0.25) is 0 Å². The number of rotatable bonds is 2. The van der Waals surface area contributed by atoms with Gasteiger partial charge in [0.05, 0.1) is 5.56 Å². The first-order valence-corrected chi connectivity index (χ1v) is 6.55. The summed E-state index contributed by atoms with van der Waals surface area (Å²) in [5, 5.41) is 3.11. The number of aryl methyl sites for hydroxylation is 1. The van der Waals surface area contributed by atoms with E-state index in [9.17, 15) is 4.79 Å². The Morgan fingerprint density at radius 1 is 1.44 bits per heavy atom. The van der Waals surface area contributed by atoms with Crippen LogP contribution in [0.2, 0.25) is 0 Å². The SMILES string of the molecule is Cc1cccc(N)c1C(=O)NC1CCC(C)(C)C1. The van der Waals surface area contributed by atoms with Crippen molar-refractivity contribution in [3.63, 3.8) is 0 Å². The van der Waals surface area contributed by atoms with E-state index >= 15 is 0 Å². The molecule has 1 aliphatic rings. The lowest BCUT2D eigenvalue weighted by Gasteiger charge is -2.18. The molecule has 1 aromatic rings.